The van der Waals surface area contributed by atoms with Crippen molar-refractivity contribution >= 4 is 21.6 Å². The monoisotopic (exact) mass is 294 g/mol. The number of aromatic nitrogens is 1. The molecule has 1 aromatic carbocycles. The maximum Gasteiger partial charge on any atom is 0.213 e. The van der Waals surface area contributed by atoms with Crippen LogP contribution in [0.2, 0.25) is 0 Å². The molecular formula is C13H15BrN2O. The molecule has 0 saturated heterocycles. The van der Waals surface area contributed by atoms with Gasteiger partial charge in [-0.2, -0.15) is 0 Å². The SMILES string of the molecule is Cc1ccc(Br)c(NCc2nc(C)c(C)o2)c1. The molecule has 0 bridgehead atoms. The van der Waals surface area contributed by atoms with Crippen LogP contribution in [0, 0.1) is 20.8 Å². The van der Waals surface area contributed by atoms with Gasteiger partial charge in [-0.25, -0.2) is 4.98 Å². The molecule has 4 heteroatoms. The maximum atomic E-state index is 5.52. The van der Waals surface area contributed by atoms with Gasteiger partial charge in [0.05, 0.1) is 12.2 Å². The number of nitrogens with one attached hydrogen (secondary N) is 1. The van der Waals surface area contributed by atoms with E-state index in [0.29, 0.717) is 12.4 Å². The van der Waals surface area contributed by atoms with Crippen molar-refractivity contribution in [3.8, 4) is 0 Å². The Labute approximate surface area is 109 Å². The summed E-state index contributed by atoms with van der Waals surface area (Å²) in [4.78, 5) is 4.33. The van der Waals surface area contributed by atoms with Crippen LogP contribution < -0.4 is 5.32 Å². The van der Waals surface area contributed by atoms with Gasteiger partial charge in [0.1, 0.15) is 5.76 Å². The van der Waals surface area contributed by atoms with E-state index >= 15 is 0 Å². The molecule has 0 saturated carbocycles. The minimum absolute atomic E-state index is 0.594. The summed E-state index contributed by atoms with van der Waals surface area (Å²) in [5, 5.41) is 3.31. The van der Waals surface area contributed by atoms with Crippen molar-refractivity contribution < 1.29 is 4.42 Å². The first-order chi connectivity index (χ1) is 8.06. The van der Waals surface area contributed by atoms with Crippen molar-refractivity contribution in [2.75, 3.05) is 5.32 Å². The predicted molar refractivity (Wildman–Crippen MR) is 72.2 cm³/mol. The third-order valence-corrected chi connectivity index (χ3v) is 3.32. The lowest BCUT2D eigenvalue weighted by molar-refractivity contribution is 0.478. The second-order valence-electron chi connectivity index (χ2n) is 4.09. The van der Waals surface area contributed by atoms with Crippen LogP contribution in [-0.4, -0.2) is 4.98 Å². The Balaban J connectivity index is 2.09. The number of hydrogen-bond acceptors (Lipinski definition) is 3. The molecule has 1 heterocycles. The molecule has 0 fully saturated rings. The van der Waals surface area contributed by atoms with Crippen LogP contribution in [0.15, 0.2) is 27.1 Å². The van der Waals surface area contributed by atoms with Crippen LogP contribution in [0.25, 0.3) is 0 Å². The molecule has 0 unspecified atom stereocenters. The number of aryl methyl sites for hydroxylation is 3. The van der Waals surface area contributed by atoms with E-state index in [9.17, 15) is 0 Å². The van der Waals surface area contributed by atoms with Crippen molar-refractivity contribution in [2.45, 2.75) is 27.3 Å². The summed E-state index contributed by atoms with van der Waals surface area (Å²) < 4.78 is 6.56. The summed E-state index contributed by atoms with van der Waals surface area (Å²) >= 11 is 3.51. The average Bonchev–Trinajstić information content (AvgIpc) is 2.60. The number of hydrogen-bond donors (Lipinski definition) is 1. The maximum absolute atomic E-state index is 5.52. The van der Waals surface area contributed by atoms with Gasteiger partial charge in [0, 0.05) is 10.2 Å². The fourth-order valence-electron chi connectivity index (χ4n) is 1.56. The number of halogens is 1. The first-order valence-electron chi connectivity index (χ1n) is 5.49. The lowest BCUT2D eigenvalue weighted by Gasteiger charge is -2.07. The van der Waals surface area contributed by atoms with E-state index in [2.05, 4.69) is 45.3 Å². The van der Waals surface area contributed by atoms with Gasteiger partial charge < -0.3 is 9.73 Å². The Morgan fingerprint density at radius 1 is 1.29 bits per heavy atom. The van der Waals surface area contributed by atoms with E-state index < -0.39 is 0 Å². The summed E-state index contributed by atoms with van der Waals surface area (Å²) in [6, 6.07) is 6.19. The molecule has 0 spiro atoms. The van der Waals surface area contributed by atoms with E-state index in [-0.39, 0.29) is 0 Å². The fourth-order valence-corrected chi connectivity index (χ4v) is 1.95. The zero-order valence-electron chi connectivity index (χ0n) is 10.2. The highest BCUT2D eigenvalue weighted by molar-refractivity contribution is 9.10. The highest BCUT2D eigenvalue weighted by Crippen LogP contribution is 2.24. The van der Waals surface area contributed by atoms with Crippen LogP contribution in [0.1, 0.15) is 22.9 Å². The molecule has 3 nitrogen and oxygen atoms in total. The van der Waals surface area contributed by atoms with Crippen molar-refractivity contribution in [3.05, 3.63) is 45.6 Å². The Hall–Kier alpha value is -1.29. The number of nitrogens with zero attached hydrogens (tertiary/aromatic N) is 1. The Morgan fingerprint density at radius 2 is 2.06 bits per heavy atom. The third kappa shape index (κ3) is 2.88. The van der Waals surface area contributed by atoms with E-state index in [4.69, 9.17) is 4.42 Å². The van der Waals surface area contributed by atoms with Crippen LogP contribution in [0.4, 0.5) is 5.69 Å². The van der Waals surface area contributed by atoms with Crippen LogP contribution in [0.3, 0.4) is 0 Å². The first-order valence-corrected chi connectivity index (χ1v) is 6.28. The van der Waals surface area contributed by atoms with Gasteiger partial charge in [-0.15, -0.1) is 0 Å². The van der Waals surface area contributed by atoms with Gasteiger partial charge in [-0.05, 0) is 54.4 Å². The molecule has 2 aromatic rings. The molecule has 1 N–H and O–H groups in total. The summed E-state index contributed by atoms with van der Waals surface area (Å²) in [5.41, 5.74) is 3.22. The van der Waals surface area contributed by atoms with Gasteiger partial charge in [0.15, 0.2) is 0 Å². The van der Waals surface area contributed by atoms with Crippen molar-refractivity contribution in [1.82, 2.24) is 4.98 Å². The molecule has 0 atom stereocenters. The first kappa shape index (κ1) is 12.2. The molecule has 17 heavy (non-hydrogen) atoms. The van der Waals surface area contributed by atoms with Gasteiger partial charge in [0.2, 0.25) is 5.89 Å². The van der Waals surface area contributed by atoms with E-state index in [1.165, 1.54) is 5.56 Å². The lowest BCUT2D eigenvalue weighted by Crippen LogP contribution is -2.00. The minimum Gasteiger partial charge on any atom is -0.444 e. The van der Waals surface area contributed by atoms with Crippen molar-refractivity contribution in [3.63, 3.8) is 0 Å². The van der Waals surface area contributed by atoms with Gasteiger partial charge in [-0.1, -0.05) is 6.07 Å². The quantitative estimate of drug-likeness (QED) is 0.931. The number of oxazole rings is 1. The highest BCUT2D eigenvalue weighted by Gasteiger charge is 2.06. The predicted octanol–water partition coefficient (Wildman–Crippen LogP) is 3.97. The van der Waals surface area contributed by atoms with Crippen LogP contribution >= 0.6 is 15.9 Å². The molecule has 1 aromatic heterocycles. The summed E-state index contributed by atoms with van der Waals surface area (Å²) in [6.45, 7) is 6.53. The number of benzene rings is 1. The topological polar surface area (TPSA) is 38.1 Å². The molecule has 0 amide bonds. The number of rotatable bonds is 3. The molecule has 2 rings (SSSR count). The Kier molecular flexibility index (Phi) is 3.52. The largest absolute Gasteiger partial charge is 0.444 e. The molecule has 0 aliphatic rings. The highest BCUT2D eigenvalue weighted by atomic mass is 79.9. The van der Waals surface area contributed by atoms with Crippen molar-refractivity contribution in [1.29, 1.82) is 0 Å². The third-order valence-electron chi connectivity index (χ3n) is 2.62. The average molecular weight is 295 g/mol. The second-order valence-corrected chi connectivity index (χ2v) is 4.94. The Morgan fingerprint density at radius 3 is 2.71 bits per heavy atom. The van der Waals surface area contributed by atoms with Gasteiger partial charge >= 0.3 is 0 Å². The van der Waals surface area contributed by atoms with E-state index in [0.717, 1.165) is 21.6 Å². The van der Waals surface area contributed by atoms with Gasteiger partial charge in [-0.3, -0.25) is 0 Å². The second kappa shape index (κ2) is 4.92. The standard InChI is InChI=1S/C13H15BrN2O/c1-8-4-5-11(14)12(6-8)15-7-13-16-9(2)10(3)17-13/h4-6,15H,7H2,1-3H3. The summed E-state index contributed by atoms with van der Waals surface area (Å²) in [5.74, 6) is 1.60. The minimum atomic E-state index is 0.594. The zero-order chi connectivity index (χ0) is 12.4. The van der Waals surface area contributed by atoms with E-state index in [1.54, 1.807) is 0 Å². The molecule has 90 valence electrons. The molecule has 0 radical (unpaired) electrons. The summed E-state index contributed by atoms with van der Waals surface area (Å²) in [6.07, 6.45) is 0. The van der Waals surface area contributed by atoms with Crippen molar-refractivity contribution in [2.24, 2.45) is 0 Å². The van der Waals surface area contributed by atoms with E-state index in [1.807, 2.05) is 19.9 Å². The smallest absolute Gasteiger partial charge is 0.213 e. The van der Waals surface area contributed by atoms with Crippen LogP contribution in [-0.2, 0) is 6.54 Å². The lowest BCUT2D eigenvalue weighted by atomic mass is 10.2. The normalized spacial score (nSPS) is 10.6. The van der Waals surface area contributed by atoms with Gasteiger partial charge in [0.25, 0.3) is 0 Å². The molecular weight excluding hydrogens is 280 g/mol. The zero-order valence-corrected chi connectivity index (χ0v) is 11.8. The summed E-state index contributed by atoms with van der Waals surface area (Å²) in [7, 11) is 0. The van der Waals surface area contributed by atoms with Crippen LogP contribution in [0.5, 0.6) is 0 Å². The fraction of sp³-hybridized carbons (Fsp3) is 0.308. The molecule has 0 aliphatic carbocycles. The number of anilines is 1. The molecule has 0 aliphatic heterocycles. The Bertz CT molecular complexity index is 515.